The van der Waals surface area contributed by atoms with Crippen molar-refractivity contribution in [2.24, 2.45) is 0 Å². The van der Waals surface area contributed by atoms with Crippen molar-refractivity contribution in [3.63, 3.8) is 0 Å². The first-order valence-electron chi connectivity index (χ1n) is 8.63. The van der Waals surface area contributed by atoms with E-state index in [1.54, 1.807) is 30.5 Å². The quantitative estimate of drug-likeness (QED) is 0.573. The third-order valence-corrected chi connectivity index (χ3v) is 4.68. The molecule has 0 saturated heterocycles. The van der Waals surface area contributed by atoms with Crippen molar-refractivity contribution >= 4 is 21.7 Å². The molecule has 4 aromatic rings. The van der Waals surface area contributed by atoms with Crippen molar-refractivity contribution in [3.05, 3.63) is 81.3 Å². The number of alkyl halides is 3. The van der Waals surface area contributed by atoms with Crippen LogP contribution in [0.5, 0.6) is 0 Å². The average Bonchev–Trinajstić information content (AvgIpc) is 2.70. The average molecular weight is 401 g/mol. The molecule has 0 aliphatic heterocycles. The fourth-order valence-corrected chi connectivity index (χ4v) is 3.36. The number of halogens is 3. The summed E-state index contributed by atoms with van der Waals surface area (Å²) in [6.45, 7) is -0.610. The zero-order valence-corrected chi connectivity index (χ0v) is 14.8. The Labute approximate surface area is 161 Å². The summed E-state index contributed by atoms with van der Waals surface area (Å²) in [6, 6.07) is 9.50. The number of fused-ring (bicyclic) bond motifs is 2. The molecule has 0 aliphatic rings. The van der Waals surface area contributed by atoms with Crippen LogP contribution in [0, 0.1) is 0 Å². The van der Waals surface area contributed by atoms with Gasteiger partial charge in [0.15, 0.2) is 0 Å². The summed E-state index contributed by atoms with van der Waals surface area (Å²) >= 11 is 0. The van der Waals surface area contributed by atoms with Crippen LogP contribution in [0.2, 0.25) is 0 Å². The highest BCUT2D eigenvalue weighted by Crippen LogP contribution is 2.30. The van der Waals surface area contributed by atoms with Crippen LogP contribution in [0.15, 0.2) is 64.4 Å². The first kappa shape index (κ1) is 18.9. The fraction of sp³-hybridized carbons (Fsp3) is 0.150. The number of aliphatic hydroxyl groups excluding tert-OH is 1. The standard InChI is InChI=1S/C20H14F3N3O3/c21-20(22,23)13-5-6-16-15(9-13)18(28)26(19(29)25(16)7-8-27)17-11-24-10-12-3-1-2-4-14(12)17/h1-6,9-11,27H,7-8H2. The number of rotatable bonds is 3. The van der Waals surface area contributed by atoms with E-state index in [0.29, 0.717) is 10.8 Å². The van der Waals surface area contributed by atoms with E-state index < -0.39 is 29.6 Å². The third kappa shape index (κ3) is 3.09. The number of aliphatic hydroxyl groups is 1. The molecule has 0 spiro atoms. The number of hydrogen-bond acceptors (Lipinski definition) is 4. The van der Waals surface area contributed by atoms with Gasteiger partial charge >= 0.3 is 11.9 Å². The second-order valence-electron chi connectivity index (χ2n) is 6.41. The second-order valence-corrected chi connectivity index (χ2v) is 6.41. The van der Waals surface area contributed by atoms with Gasteiger partial charge < -0.3 is 5.11 Å². The topological polar surface area (TPSA) is 77.1 Å². The lowest BCUT2D eigenvalue weighted by Crippen LogP contribution is -2.39. The molecule has 0 aliphatic carbocycles. The largest absolute Gasteiger partial charge is 0.416 e. The molecule has 0 radical (unpaired) electrons. The molecule has 0 saturated carbocycles. The van der Waals surface area contributed by atoms with Crippen LogP contribution in [0.1, 0.15) is 5.56 Å². The number of pyridine rings is 1. The van der Waals surface area contributed by atoms with Crippen molar-refractivity contribution in [3.8, 4) is 5.69 Å². The maximum absolute atomic E-state index is 13.2. The van der Waals surface area contributed by atoms with Crippen molar-refractivity contribution in [1.29, 1.82) is 0 Å². The van der Waals surface area contributed by atoms with Gasteiger partial charge in [-0.2, -0.15) is 13.2 Å². The van der Waals surface area contributed by atoms with Gasteiger partial charge in [0.25, 0.3) is 5.56 Å². The summed E-state index contributed by atoms with van der Waals surface area (Å²) in [5.74, 6) is 0. The highest BCUT2D eigenvalue weighted by Gasteiger charge is 2.31. The van der Waals surface area contributed by atoms with E-state index >= 15 is 0 Å². The molecule has 0 atom stereocenters. The van der Waals surface area contributed by atoms with Gasteiger partial charge in [0.05, 0.1) is 41.5 Å². The number of aromatic nitrogens is 3. The molecule has 6 nitrogen and oxygen atoms in total. The zero-order chi connectivity index (χ0) is 20.8. The lowest BCUT2D eigenvalue weighted by molar-refractivity contribution is -0.137. The Morgan fingerprint density at radius 2 is 1.76 bits per heavy atom. The van der Waals surface area contributed by atoms with E-state index in [2.05, 4.69) is 4.98 Å². The molecule has 0 unspecified atom stereocenters. The molecule has 29 heavy (non-hydrogen) atoms. The summed E-state index contributed by atoms with van der Waals surface area (Å²) in [5.41, 5.74) is -2.48. The highest BCUT2D eigenvalue weighted by atomic mass is 19.4. The monoisotopic (exact) mass is 401 g/mol. The SMILES string of the molecule is O=c1c2cc(C(F)(F)F)ccc2n(CCO)c(=O)n1-c1cncc2ccccc12. The Morgan fingerprint density at radius 1 is 1.00 bits per heavy atom. The Morgan fingerprint density at radius 3 is 2.48 bits per heavy atom. The summed E-state index contributed by atoms with van der Waals surface area (Å²) in [6.07, 6.45) is -1.78. The predicted molar refractivity (Wildman–Crippen MR) is 101 cm³/mol. The number of benzene rings is 2. The van der Waals surface area contributed by atoms with Crippen LogP contribution in [0.3, 0.4) is 0 Å². The molecule has 0 amide bonds. The van der Waals surface area contributed by atoms with Crippen molar-refractivity contribution in [1.82, 2.24) is 14.1 Å². The number of nitrogens with zero attached hydrogens (tertiary/aromatic N) is 3. The van der Waals surface area contributed by atoms with E-state index in [9.17, 15) is 27.9 Å². The predicted octanol–water partition coefficient (Wildman–Crippen LogP) is 2.71. The van der Waals surface area contributed by atoms with E-state index in [4.69, 9.17) is 0 Å². The molecule has 0 bridgehead atoms. The fourth-order valence-electron chi connectivity index (χ4n) is 3.36. The Balaban J connectivity index is 2.16. The van der Waals surface area contributed by atoms with E-state index in [1.807, 2.05) is 0 Å². The lowest BCUT2D eigenvalue weighted by atomic mass is 10.1. The molecule has 148 valence electrons. The van der Waals surface area contributed by atoms with Gasteiger partial charge in [0, 0.05) is 17.0 Å². The normalized spacial score (nSPS) is 12.0. The Hall–Kier alpha value is -3.46. The van der Waals surface area contributed by atoms with Crippen LogP contribution in [-0.2, 0) is 12.7 Å². The molecule has 2 aromatic carbocycles. The van der Waals surface area contributed by atoms with Crippen molar-refractivity contribution in [2.45, 2.75) is 12.7 Å². The van der Waals surface area contributed by atoms with Gasteiger partial charge in [0.2, 0.25) is 0 Å². The molecular weight excluding hydrogens is 387 g/mol. The molecule has 2 aromatic heterocycles. The minimum atomic E-state index is -4.65. The molecular formula is C20H14F3N3O3. The van der Waals surface area contributed by atoms with Gasteiger partial charge in [-0.15, -0.1) is 0 Å². The molecule has 4 rings (SSSR count). The van der Waals surface area contributed by atoms with Gasteiger partial charge in [-0.1, -0.05) is 24.3 Å². The smallest absolute Gasteiger partial charge is 0.395 e. The number of hydrogen-bond donors (Lipinski definition) is 1. The third-order valence-electron chi connectivity index (χ3n) is 4.68. The maximum atomic E-state index is 13.2. The summed E-state index contributed by atoms with van der Waals surface area (Å²) in [4.78, 5) is 30.3. The summed E-state index contributed by atoms with van der Waals surface area (Å²) < 4.78 is 41.4. The molecule has 2 heterocycles. The zero-order valence-electron chi connectivity index (χ0n) is 14.8. The van der Waals surface area contributed by atoms with Gasteiger partial charge in [0.1, 0.15) is 0 Å². The van der Waals surface area contributed by atoms with E-state index in [1.165, 1.54) is 6.20 Å². The maximum Gasteiger partial charge on any atom is 0.416 e. The van der Waals surface area contributed by atoms with Gasteiger partial charge in [-0.25, -0.2) is 9.36 Å². The minimum absolute atomic E-state index is 0.0199. The van der Waals surface area contributed by atoms with Crippen molar-refractivity contribution < 1.29 is 18.3 Å². The van der Waals surface area contributed by atoms with Crippen LogP contribution in [0.25, 0.3) is 27.4 Å². The van der Waals surface area contributed by atoms with Crippen LogP contribution < -0.4 is 11.2 Å². The molecule has 9 heteroatoms. The second kappa shape index (κ2) is 6.85. The highest BCUT2D eigenvalue weighted by molar-refractivity contribution is 5.89. The van der Waals surface area contributed by atoms with E-state index in [-0.39, 0.29) is 23.1 Å². The molecule has 0 fully saturated rings. The lowest BCUT2D eigenvalue weighted by Gasteiger charge is -2.15. The first-order chi connectivity index (χ1) is 13.8. The summed E-state index contributed by atoms with van der Waals surface area (Å²) in [5, 5.41) is 10.3. The first-order valence-corrected chi connectivity index (χ1v) is 8.63. The summed E-state index contributed by atoms with van der Waals surface area (Å²) in [7, 11) is 0. The van der Waals surface area contributed by atoms with Crippen molar-refractivity contribution in [2.75, 3.05) is 6.61 Å². The van der Waals surface area contributed by atoms with Gasteiger partial charge in [-0.05, 0) is 18.2 Å². The molecule has 1 N–H and O–H groups in total. The van der Waals surface area contributed by atoms with Crippen LogP contribution in [0.4, 0.5) is 13.2 Å². The van der Waals surface area contributed by atoms with Crippen LogP contribution >= 0.6 is 0 Å². The van der Waals surface area contributed by atoms with Gasteiger partial charge in [-0.3, -0.25) is 14.3 Å². The van der Waals surface area contributed by atoms with Crippen LogP contribution in [-0.4, -0.2) is 25.8 Å². The Bertz CT molecular complexity index is 1350. The Kier molecular flexibility index (Phi) is 4.46. The minimum Gasteiger partial charge on any atom is -0.395 e. The van der Waals surface area contributed by atoms with E-state index in [0.717, 1.165) is 27.3 Å².